The van der Waals surface area contributed by atoms with Gasteiger partial charge in [0.2, 0.25) is 0 Å². The molecule has 3 heteroatoms. The van der Waals surface area contributed by atoms with Crippen molar-refractivity contribution < 1.29 is 4.84 Å². The van der Waals surface area contributed by atoms with Crippen LogP contribution >= 0.6 is 0 Å². The Hall–Kier alpha value is -1.06. The van der Waals surface area contributed by atoms with Gasteiger partial charge in [0.25, 0.3) is 0 Å². The summed E-state index contributed by atoms with van der Waals surface area (Å²) in [6.45, 7) is 3.04. The minimum Gasteiger partial charge on any atom is -0.359 e. The first kappa shape index (κ1) is 9.49. The highest BCUT2D eigenvalue weighted by Crippen LogP contribution is 2.13. The predicted molar refractivity (Wildman–Crippen MR) is 56.9 cm³/mol. The zero-order valence-electron chi connectivity index (χ0n) is 8.42. The molecule has 0 bridgehead atoms. The second-order valence-corrected chi connectivity index (χ2v) is 3.65. The van der Waals surface area contributed by atoms with Crippen LogP contribution < -0.4 is 10.8 Å². The van der Waals surface area contributed by atoms with Crippen LogP contribution in [-0.4, -0.2) is 12.8 Å². The normalized spacial score (nSPS) is 21.9. The lowest BCUT2D eigenvalue weighted by molar-refractivity contribution is -0.0399. The molecule has 76 valence electrons. The fourth-order valence-electron chi connectivity index (χ4n) is 1.52. The maximum absolute atomic E-state index is 5.35. The maximum Gasteiger partial charge on any atom is 0.148 e. The molecule has 1 heterocycles. The highest BCUT2D eigenvalue weighted by atomic mass is 16.7. The Labute approximate surface area is 84.4 Å². The molecule has 0 radical (unpaired) electrons. The van der Waals surface area contributed by atoms with Gasteiger partial charge in [-0.1, -0.05) is 17.7 Å². The van der Waals surface area contributed by atoms with Gasteiger partial charge >= 0.3 is 0 Å². The largest absolute Gasteiger partial charge is 0.359 e. The molecule has 2 rings (SSSR count). The van der Waals surface area contributed by atoms with Crippen molar-refractivity contribution in [1.29, 1.82) is 0 Å². The summed E-state index contributed by atoms with van der Waals surface area (Å²) in [5.74, 6) is 0. The van der Waals surface area contributed by atoms with Gasteiger partial charge in [-0.2, -0.15) is 0 Å². The second-order valence-electron chi connectivity index (χ2n) is 3.65. The van der Waals surface area contributed by atoms with Crippen molar-refractivity contribution in [3.63, 3.8) is 0 Å². The third-order valence-corrected chi connectivity index (χ3v) is 2.35. The Balaban J connectivity index is 1.92. The van der Waals surface area contributed by atoms with Crippen LogP contribution in [0, 0.1) is 6.92 Å². The molecule has 2 N–H and O–H groups in total. The van der Waals surface area contributed by atoms with Gasteiger partial charge in [-0.15, -0.1) is 0 Å². The first-order valence-electron chi connectivity index (χ1n) is 5.06. The molecule has 14 heavy (non-hydrogen) atoms. The lowest BCUT2D eigenvalue weighted by Gasteiger charge is -2.24. The standard InChI is InChI=1S/C11H16N2O/c1-9-4-6-10(7-5-9)13-11-3-2-8-12-14-11/h4-7,11-13H,2-3,8H2,1H3. The van der Waals surface area contributed by atoms with Gasteiger partial charge in [0, 0.05) is 12.2 Å². The number of hydroxylamine groups is 1. The van der Waals surface area contributed by atoms with Gasteiger partial charge in [-0.3, -0.25) is 4.84 Å². The summed E-state index contributed by atoms with van der Waals surface area (Å²) in [7, 11) is 0. The van der Waals surface area contributed by atoms with Gasteiger partial charge in [-0.05, 0) is 31.9 Å². The average molecular weight is 192 g/mol. The number of aryl methyl sites for hydroxylation is 1. The minimum atomic E-state index is 0.103. The molecule has 1 fully saturated rings. The summed E-state index contributed by atoms with van der Waals surface area (Å²) < 4.78 is 0. The topological polar surface area (TPSA) is 33.3 Å². The van der Waals surface area contributed by atoms with Crippen LogP contribution in [0.1, 0.15) is 18.4 Å². The molecule has 1 aliphatic heterocycles. The van der Waals surface area contributed by atoms with Crippen LogP contribution in [0.3, 0.4) is 0 Å². The third-order valence-electron chi connectivity index (χ3n) is 2.35. The van der Waals surface area contributed by atoms with E-state index in [-0.39, 0.29) is 6.23 Å². The van der Waals surface area contributed by atoms with Gasteiger partial charge in [-0.25, -0.2) is 5.48 Å². The molecule has 1 aromatic rings. The zero-order valence-corrected chi connectivity index (χ0v) is 8.42. The van der Waals surface area contributed by atoms with Gasteiger partial charge in [0.05, 0.1) is 0 Å². The molecule has 1 aromatic carbocycles. The zero-order chi connectivity index (χ0) is 9.80. The third kappa shape index (κ3) is 2.47. The van der Waals surface area contributed by atoms with Crippen molar-refractivity contribution in [2.75, 3.05) is 11.9 Å². The fraction of sp³-hybridized carbons (Fsp3) is 0.455. The lowest BCUT2D eigenvalue weighted by atomic mass is 10.2. The average Bonchev–Trinajstić information content (AvgIpc) is 2.23. The summed E-state index contributed by atoms with van der Waals surface area (Å²) in [5, 5.41) is 3.32. The van der Waals surface area contributed by atoms with E-state index in [1.807, 2.05) is 0 Å². The van der Waals surface area contributed by atoms with E-state index in [0.717, 1.165) is 25.1 Å². The predicted octanol–water partition coefficient (Wildman–Crippen LogP) is 2.05. The van der Waals surface area contributed by atoms with Crippen LogP contribution in [0.4, 0.5) is 5.69 Å². The van der Waals surface area contributed by atoms with Crippen LogP contribution in [0.5, 0.6) is 0 Å². The van der Waals surface area contributed by atoms with E-state index in [9.17, 15) is 0 Å². The van der Waals surface area contributed by atoms with E-state index >= 15 is 0 Å². The van der Waals surface area contributed by atoms with Crippen LogP contribution in [0.2, 0.25) is 0 Å². The number of hydrogen-bond donors (Lipinski definition) is 2. The molecule has 3 nitrogen and oxygen atoms in total. The SMILES string of the molecule is Cc1ccc(NC2CCCNO2)cc1. The summed E-state index contributed by atoms with van der Waals surface area (Å²) in [4.78, 5) is 5.35. The van der Waals surface area contributed by atoms with Crippen molar-refractivity contribution >= 4 is 5.69 Å². The number of anilines is 1. The molecule has 0 saturated carbocycles. The van der Waals surface area contributed by atoms with Gasteiger partial charge in [0.15, 0.2) is 0 Å². The fourth-order valence-corrected chi connectivity index (χ4v) is 1.52. The molecule has 1 aliphatic rings. The van der Waals surface area contributed by atoms with E-state index < -0.39 is 0 Å². The lowest BCUT2D eigenvalue weighted by Crippen LogP contribution is -2.36. The van der Waals surface area contributed by atoms with Crippen molar-refractivity contribution in [2.45, 2.75) is 26.0 Å². The Morgan fingerprint density at radius 2 is 2.14 bits per heavy atom. The summed E-state index contributed by atoms with van der Waals surface area (Å²) >= 11 is 0. The van der Waals surface area contributed by atoms with Crippen LogP contribution in [0.15, 0.2) is 24.3 Å². The molecule has 0 aromatic heterocycles. The highest BCUT2D eigenvalue weighted by Gasteiger charge is 2.12. The highest BCUT2D eigenvalue weighted by molar-refractivity contribution is 5.44. The number of benzene rings is 1. The molecule has 0 spiro atoms. The molecule has 0 amide bonds. The van der Waals surface area contributed by atoms with Crippen LogP contribution in [-0.2, 0) is 4.84 Å². The van der Waals surface area contributed by atoms with Crippen molar-refractivity contribution in [1.82, 2.24) is 5.48 Å². The smallest absolute Gasteiger partial charge is 0.148 e. The van der Waals surface area contributed by atoms with E-state index in [4.69, 9.17) is 4.84 Å². The summed E-state index contributed by atoms with van der Waals surface area (Å²) in [6.07, 6.45) is 2.32. The molecular formula is C11H16N2O. The van der Waals surface area contributed by atoms with E-state index in [2.05, 4.69) is 42.0 Å². The minimum absolute atomic E-state index is 0.103. The number of rotatable bonds is 2. The van der Waals surface area contributed by atoms with Crippen LogP contribution in [0.25, 0.3) is 0 Å². The van der Waals surface area contributed by atoms with E-state index in [1.54, 1.807) is 0 Å². The number of nitrogens with one attached hydrogen (secondary N) is 2. The van der Waals surface area contributed by atoms with Crippen molar-refractivity contribution in [3.8, 4) is 0 Å². The van der Waals surface area contributed by atoms with Gasteiger partial charge in [0.1, 0.15) is 6.23 Å². The first-order valence-corrected chi connectivity index (χ1v) is 5.06. The molecular weight excluding hydrogens is 176 g/mol. The molecule has 1 unspecified atom stereocenters. The second kappa shape index (κ2) is 4.44. The maximum atomic E-state index is 5.35. The Morgan fingerprint density at radius 1 is 1.36 bits per heavy atom. The number of hydrogen-bond acceptors (Lipinski definition) is 3. The molecule has 1 saturated heterocycles. The summed E-state index contributed by atoms with van der Waals surface area (Å²) in [6, 6.07) is 8.35. The Morgan fingerprint density at radius 3 is 2.79 bits per heavy atom. The van der Waals surface area contributed by atoms with Crippen molar-refractivity contribution in [2.24, 2.45) is 0 Å². The van der Waals surface area contributed by atoms with Gasteiger partial charge < -0.3 is 5.32 Å². The Bertz CT molecular complexity index is 278. The Kier molecular flexibility index (Phi) is 3.01. The van der Waals surface area contributed by atoms with E-state index in [0.29, 0.717) is 0 Å². The molecule has 0 aliphatic carbocycles. The first-order chi connectivity index (χ1) is 6.84. The monoisotopic (exact) mass is 192 g/mol. The van der Waals surface area contributed by atoms with Crippen molar-refractivity contribution in [3.05, 3.63) is 29.8 Å². The quantitative estimate of drug-likeness (QED) is 0.752. The van der Waals surface area contributed by atoms with E-state index in [1.165, 1.54) is 5.56 Å². The summed E-state index contributed by atoms with van der Waals surface area (Å²) in [5.41, 5.74) is 5.30. The molecule has 1 atom stereocenters.